The first-order valence-corrected chi connectivity index (χ1v) is 6.23. The molecule has 0 aliphatic carbocycles. The third-order valence-corrected chi connectivity index (χ3v) is 3.64. The summed E-state index contributed by atoms with van der Waals surface area (Å²) in [5, 5.41) is 9.80. The van der Waals surface area contributed by atoms with E-state index in [2.05, 4.69) is 4.98 Å². The van der Waals surface area contributed by atoms with Gasteiger partial charge in [0.25, 0.3) is 5.56 Å². The number of rotatable bonds is 4. The van der Waals surface area contributed by atoms with E-state index in [0.717, 1.165) is 0 Å². The lowest BCUT2D eigenvalue weighted by molar-refractivity contribution is 0.196. The third kappa shape index (κ3) is 3.09. The molecule has 0 spiro atoms. The molecule has 0 aromatic carbocycles. The van der Waals surface area contributed by atoms with E-state index >= 15 is 0 Å². The summed E-state index contributed by atoms with van der Waals surface area (Å²) in [4.78, 5) is 16.0. The molecule has 0 aliphatic rings. The van der Waals surface area contributed by atoms with Crippen LogP contribution in [0.15, 0.2) is 22.2 Å². The highest BCUT2D eigenvalue weighted by Crippen LogP contribution is 2.20. The molecule has 1 rings (SSSR count). The molecule has 0 amide bonds. The number of nitrogens with zero attached hydrogens (tertiary/aromatic N) is 2. The van der Waals surface area contributed by atoms with Gasteiger partial charge in [0, 0.05) is 23.7 Å². The van der Waals surface area contributed by atoms with Crippen molar-refractivity contribution in [1.29, 1.82) is 0 Å². The van der Waals surface area contributed by atoms with Gasteiger partial charge in [-0.1, -0.05) is 18.7 Å². The summed E-state index contributed by atoms with van der Waals surface area (Å²) in [5.41, 5.74) is -0.0880. The molecule has 0 saturated heterocycles. The zero-order chi connectivity index (χ0) is 12.3. The van der Waals surface area contributed by atoms with Crippen molar-refractivity contribution in [2.75, 3.05) is 0 Å². The first kappa shape index (κ1) is 13.3. The van der Waals surface area contributed by atoms with Crippen molar-refractivity contribution in [3.05, 3.63) is 22.7 Å². The summed E-state index contributed by atoms with van der Waals surface area (Å²) in [6, 6.07) is 0.122. The molecule has 0 fully saturated rings. The minimum atomic E-state index is -0.459. The number of hydrogen-bond acceptors (Lipinski definition) is 4. The number of aliphatic hydroxyl groups is 1. The fraction of sp³-hybridized carbons (Fsp3) is 0.636. The maximum Gasteiger partial charge on any atom is 0.283 e. The Hall–Kier alpha value is -0.810. The minimum Gasteiger partial charge on any atom is -0.392 e. The number of aliphatic hydroxyl groups excluding tert-OH is 1. The van der Waals surface area contributed by atoms with Crippen LogP contribution in [0.25, 0.3) is 0 Å². The highest BCUT2D eigenvalue weighted by Gasteiger charge is 2.15. The van der Waals surface area contributed by atoms with Gasteiger partial charge >= 0.3 is 0 Å². The van der Waals surface area contributed by atoms with Gasteiger partial charge in [-0.15, -0.1) is 0 Å². The van der Waals surface area contributed by atoms with Crippen LogP contribution in [-0.4, -0.2) is 26.0 Å². The number of hydrogen-bond donors (Lipinski definition) is 1. The van der Waals surface area contributed by atoms with Crippen LogP contribution in [0.1, 0.15) is 33.7 Å². The average molecular weight is 242 g/mol. The Morgan fingerprint density at radius 1 is 1.38 bits per heavy atom. The summed E-state index contributed by atoms with van der Waals surface area (Å²) in [7, 11) is 0. The average Bonchev–Trinajstić information content (AvgIpc) is 2.20. The van der Waals surface area contributed by atoms with Gasteiger partial charge in [-0.25, -0.2) is 4.98 Å². The molecule has 2 atom stereocenters. The summed E-state index contributed by atoms with van der Waals surface area (Å²) >= 11 is 1.32. The van der Waals surface area contributed by atoms with Crippen LogP contribution >= 0.6 is 11.8 Å². The fourth-order valence-electron chi connectivity index (χ4n) is 1.17. The smallest absolute Gasteiger partial charge is 0.283 e. The van der Waals surface area contributed by atoms with Crippen molar-refractivity contribution < 1.29 is 5.11 Å². The molecule has 5 heteroatoms. The van der Waals surface area contributed by atoms with Crippen LogP contribution in [-0.2, 0) is 0 Å². The Bertz CT molecular complexity index is 401. The molecule has 0 bridgehead atoms. The van der Waals surface area contributed by atoms with Gasteiger partial charge < -0.3 is 9.67 Å². The highest BCUT2D eigenvalue weighted by atomic mass is 32.2. The number of thioether (sulfide) groups is 1. The summed E-state index contributed by atoms with van der Waals surface area (Å²) in [6.45, 7) is 7.49. The molecule has 1 aromatic heterocycles. The maximum atomic E-state index is 12.0. The van der Waals surface area contributed by atoms with Crippen molar-refractivity contribution in [2.45, 2.75) is 50.1 Å². The Balaban J connectivity index is 2.98. The molecule has 4 nitrogen and oxygen atoms in total. The fourth-order valence-corrected chi connectivity index (χ4v) is 2.05. The molecular weight excluding hydrogens is 224 g/mol. The zero-order valence-electron chi connectivity index (χ0n) is 10.0. The van der Waals surface area contributed by atoms with Gasteiger partial charge in [0.2, 0.25) is 0 Å². The molecular formula is C11H18N2O2S. The Kier molecular flexibility index (Phi) is 4.56. The lowest BCUT2D eigenvalue weighted by Crippen LogP contribution is -2.25. The maximum absolute atomic E-state index is 12.0. The molecule has 90 valence electrons. The second-order valence-corrected chi connectivity index (χ2v) is 5.47. The minimum absolute atomic E-state index is 0.0387. The normalized spacial score (nSPS) is 15.1. The summed E-state index contributed by atoms with van der Waals surface area (Å²) < 4.78 is 1.64. The SMILES string of the molecule is CC(O)C(C)Sc1nccn(C(C)C)c1=O. The van der Waals surface area contributed by atoms with E-state index in [0.29, 0.717) is 5.03 Å². The van der Waals surface area contributed by atoms with Crippen LogP contribution < -0.4 is 5.56 Å². The van der Waals surface area contributed by atoms with E-state index in [1.807, 2.05) is 20.8 Å². The van der Waals surface area contributed by atoms with Crippen molar-refractivity contribution in [1.82, 2.24) is 9.55 Å². The topological polar surface area (TPSA) is 55.1 Å². The predicted molar refractivity (Wildman–Crippen MR) is 65.9 cm³/mol. The van der Waals surface area contributed by atoms with E-state index in [1.54, 1.807) is 23.9 Å². The first-order valence-electron chi connectivity index (χ1n) is 5.35. The van der Waals surface area contributed by atoms with Gasteiger partial charge in [0.1, 0.15) is 0 Å². The van der Waals surface area contributed by atoms with Crippen LogP contribution in [0.2, 0.25) is 0 Å². The van der Waals surface area contributed by atoms with Crippen molar-refractivity contribution in [3.8, 4) is 0 Å². The second kappa shape index (κ2) is 5.50. The van der Waals surface area contributed by atoms with Crippen molar-refractivity contribution >= 4 is 11.8 Å². The van der Waals surface area contributed by atoms with Crippen LogP contribution in [0.3, 0.4) is 0 Å². The molecule has 0 saturated carbocycles. The monoisotopic (exact) mass is 242 g/mol. The third-order valence-electron chi connectivity index (χ3n) is 2.37. The van der Waals surface area contributed by atoms with Crippen molar-refractivity contribution in [2.24, 2.45) is 0 Å². The molecule has 2 unspecified atom stereocenters. The standard InChI is InChI=1S/C11H18N2O2S/c1-7(2)13-6-5-12-10(11(13)15)16-9(4)8(3)14/h5-9,14H,1-4H3. The number of aromatic nitrogens is 2. The highest BCUT2D eigenvalue weighted by molar-refractivity contribution is 7.99. The second-order valence-electron chi connectivity index (χ2n) is 4.10. The summed E-state index contributed by atoms with van der Waals surface area (Å²) in [6.07, 6.45) is 2.85. The lowest BCUT2D eigenvalue weighted by atomic mass is 10.3. The predicted octanol–water partition coefficient (Wildman–Crippen LogP) is 1.69. The molecule has 1 aromatic rings. The molecule has 0 aliphatic heterocycles. The molecule has 1 N–H and O–H groups in total. The van der Waals surface area contributed by atoms with Crippen LogP contribution in [0.5, 0.6) is 0 Å². The molecule has 0 radical (unpaired) electrons. The Labute approximate surface area is 99.7 Å². The first-order chi connectivity index (χ1) is 7.43. The van der Waals surface area contributed by atoms with Crippen molar-refractivity contribution in [3.63, 3.8) is 0 Å². The lowest BCUT2D eigenvalue weighted by Gasteiger charge is -2.14. The van der Waals surface area contributed by atoms with Crippen LogP contribution in [0.4, 0.5) is 0 Å². The largest absolute Gasteiger partial charge is 0.392 e. The van der Waals surface area contributed by atoms with E-state index < -0.39 is 6.10 Å². The summed E-state index contributed by atoms with van der Waals surface area (Å²) in [5.74, 6) is 0. The van der Waals surface area contributed by atoms with E-state index in [9.17, 15) is 9.90 Å². The van der Waals surface area contributed by atoms with E-state index in [4.69, 9.17) is 0 Å². The Morgan fingerprint density at radius 2 is 2.00 bits per heavy atom. The Morgan fingerprint density at radius 3 is 2.50 bits per heavy atom. The van der Waals surface area contributed by atoms with E-state index in [1.165, 1.54) is 11.8 Å². The van der Waals surface area contributed by atoms with Crippen LogP contribution in [0, 0.1) is 0 Å². The molecule has 16 heavy (non-hydrogen) atoms. The van der Waals surface area contributed by atoms with E-state index in [-0.39, 0.29) is 16.9 Å². The van der Waals surface area contributed by atoms with Gasteiger partial charge in [0.05, 0.1) is 6.10 Å². The van der Waals surface area contributed by atoms with Gasteiger partial charge in [-0.05, 0) is 20.8 Å². The van der Waals surface area contributed by atoms with Gasteiger partial charge in [0.15, 0.2) is 5.03 Å². The quantitative estimate of drug-likeness (QED) is 0.816. The zero-order valence-corrected chi connectivity index (χ0v) is 10.9. The van der Waals surface area contributed by atoms with Gasteiger partial charge in [-0.2, -0.15) is 0 Å². The molecule has 1 heterocycles. The van der Waals surface area contributed by atoms with Gasteiger partial charge in [-0.3, -0.25) is 4.79 Å².